The second kappa shape index (κ2) is 4.78. The van der Waals surface area contributed by atoms with Gasteiger partial charge in [0.25, 0.3) is 0 Å². The van der Waals surface area contributed by atoms with Gasteiger partial charge in [-0.25, -0.2) is 4.98 Å². The highest BCUT2D eigenvalue weighted by Crippen LogP contribution is 2.32. The summed E-state index contributed by atoms with van der Waals surface area (Å²) in [5, 5.41) is 10.9. The van der Waals surface area contributed by atoms with Crippen molar-refractivity contribution < 1.29 is 4.92 Å². The molecular formula is C11H14ClN2O2. The molecule has 0 saturated carbocycles. The molecule has 1 unspecified atom stereocenters. The molecule has 1 rings (SSSR count). The van der Waals surface area contributed by atoms with Crippen LogP contribution >= 0.6 is 11.6 Å². The summed E-state index contributed by atoms with van der Waals surface area (Å²) in [6, 6.07) is 0. The SMILES string of the molecule is [CH2]C(C)Cc1c(C)c(C)nc(Cl)c1[N+](=O)[O-]. The molecule has 1 atom stereocenters. The Balaban J connectivity index is 3.45. The standard InChI is InChI=1S/C11H14ClN2O2/c1-6(2)5-9-7(3)8(4)13-11(12)10(9)14(15)16/h6H,1,5H2,2-4H3. The summed E-state index contributed by atoms with van der Waals surface area (Å²) in [6.45, 7) is 9.37. The van der Waals surface area contributed by atoms with Crippen LogP contribution in [-0.2, 0) is 6.42 Å². The monoisotopic (exact) mass is 241 g/mol. The summed E-state index contributed by atoms with van der Waals surface area (Å²) in [5.74, 6) is 0.0928. The van der Waals surface area contributed by atoms with Gasteiger partial charge in [0.2, 0.25) is 5.15 Å². The number of halogens is 1. The quantitative estimate of drug-likeness (QED) is 0.464. The molecule has 0 aliphatic rings. The minimum Gasteiger partial charge on any atom is -0.258 e. The number of nitro groups is 1. The van der Waals surface area contributed by atoms with Gasteiger partial charge < -0.3 is 0 Å². The van der Waals surface area contributed by atoms with E-state index < -0.39 is 4.92 Å². The third-order valence-corrected chi connectivity index (χ3v) is 2.74. The number of rotatable bonds is 3. The van der Waals surface area contributed by atoms with E-state index in [9.17, 15) is 10.1 Å². The first-order valence-corrected chi connectivity index (χ1v) is 5.35. The van der Waals surface area contributed by atoms with Gasteiger partial charge in [0.05, 0.1) is 4.92 Å². The van der Waals surface area contributed by atoms with E-state index in [1.54, 1.807) is 6.92 Å². The second-order valence-electron chi connectivity index (χ2n) is 4.01. The van der Waals surface area contributed by atoms with Crippen molar-refractivity contribution in [2.45, 2.75) is 27.2 Å². The zero-order chi connectivity index (χ0) is 12.5. The fraction of sp³-hybridized carbons (Fsp3) is 0.455. The van der Waals surface area contributed by atoms with Crippen molar-refractivity contribution in [3.63, 3.8) is 0 Å². The first-order valence-electron chi connectivity index (χ1n) is 4.97. The maximum atomic E-state index is 10.9. The molecule has 0 fully saturated rings. The zero-order valence-electron chi connectivity index (χ0n) is 9.58. The van der Waals surface area contributed by atoms with Crippen molar-refractivity contribution >= 4 is 17.3 Å². The van der Waals surface area contributed by atoms with Crippen LogP contribution in [0.2, 0.25) is 5.15 Å². The highest BCUT2D eigenvalue weighted by atomic mass is 35.5. The molecule has 0 aliphatic carbocycles. The predicted molar refractivity (Wildman–Crippen MR) is 63.6 cm³/mol. The largest absolute Gasteiger partial charge is 0.309 e. The number of aromatic nitrogens is 1. The lowest BCUT2D eigenvalue weighted by Crippen LogP contribution is -2.06. The molecule has 0 spiro atoms. The Morgan fingerprint density at radius 1 is 1.56 bits per heavy atom. The molecule has 16 heavy (non-hydrogen) atoms. The topological polar surface area (TPSA) is 56.0 Å². The summed E-state index contributed by atoms with van der Waals surface area (Å²) in [4.78, 5) is 14.4. The van der Waals surface area contributed by atoms with Crippen molar-refractivity contribution in [3.8, 4) is 0 Å². The van der Waals surface area contributed by atoms with Crippen molar-refractivity contribution in [2.24, 2.45) is 5.92 Å². The Hall–Kier alpha value is -1.16. The van der Waals surface area contributed by atoms with Crippen LogP contribution in [0.4, 0.5) is 5.69 Å². The van der Waals surface area contributed by atoms with Gasteiger partial charge in [0.15, 0.2) is 0 Å². The highest BCUT2D eigenvalue weighted by Gasteiger charge is 2.24. The Kier molecular flexibility index (Phi) is 3.86. The maximum Gasteiger partial charge on any atom is 0.309 e. The van der Waals surface area contributed by atoms with Crippen molar-refractivity contribution in [3.05, 3.63) is 39.0 Å². The number of hydrogen-bond donors (Lipinski definition) is 0. The lowest BCUT2D eigenvalue weighted by Gasteiger charge is -2.11. The third kappa shape index (κ3) is 2.50. The zero-order valence-corrected chi connectivity index (χ0v) is 10.3. The number of aryl methyl sites for hydroxylation is 1. The van der Waals surface area contributed by atoms with Gasteiger partial charge in [-0.15, -0.1) is 0 Å². The van der Waals surface area contributed by atoms with E-state index in [1.807, 2.05) is 13.8 Å². The van der Waals surface area contributed by atoms with Gasteiger partial charge in [-0.05, 0) is 31.7 Å². The predicted octanol–water partition coefficient (Wildman–Crippen LogP) is 3.27. The molecule has 4 nitrogen and oxygen atoms in total. The molecule has 1 aromatic rings. The molecule has 5 heteroatoms. The van der Waals surface area contributed by atoms with Crippen molar-refractivity contribution in [1.82, 2.24) is 4.98 Å². The number of nitrogens with zero attached hydrogens (tertiary/aromatic N) is 2. The summed E-state index contributed by atoms with van der Waals surface area (Å²) >= 11 is 5.81. The number of pyridine rings is 1. The summed E-state index contributed by atoms with van der Waals surface area (Å²) in [6.07, 6.45) is 0.533. The van der Waals surface area contributed by atoms with Gasteiger partial charge >= 0.3 is 5.69 Å². The molecule has 0 amide bonds. The van der Waals surface area contributed by atoms with Crippen LogP contribution in [-0.4, -0.2) is 9.91 Å². The molecule has 0 N–H and O–H groups in total. The fourth-order valence-electron chi connectivity index (χ4n) is 1.59. The lowest BCUT2D eigenvalue weighted by molar-refractivity contribution is -0.385. The van der Waals surface area contributed by atoms with Gasteiger partial charge in [-0.3, -0.25) is 10.1 Å². The molecule has 1 aromatic heterocycles. The average Bonchev–Trinajstić information content (AvgIpc) is 2.12. The number of hydrogen-bond acceptors (Lipinski definition) is 3. The van der Waals surface area contributed by atoms with E-state index in [4.69, 9.17) is 11.6 Å². The highest BCUT2D eigenvalue weighted by molar-refractivity contribution is 6.31. The van der Waals surface area contributed by atoms with Gasteiger partial charge in [-0.2, -0.15) is 0 Å². The van der Waals surface area contributed by atoms with E-state index in [2.05, 4.69) is 11.9 Å². The van der Waals surface area contributed by atoms with E-state index in [-0.39, 0.29) is 16.8 Å². The Morgan fingerprint density at radius 2 is 2.12 bits per heavy atom. The molecule has 0 aliphatic heterocycles. The second-order valence-corrected chi connectivity index (χ2v) is 4.36. The van der Waals surface area contributed by atoms with Crippen LogP contribution < -0.4 is 0 Å². The minimum atomic E-state index is -0.473. The summed E-state index contributed by atoms with van der Waals surface area (Å²) in [5.41, 5.74) is 2.11. The van der Waals surface area contributed by atoms with Gasteiger partial charge in [0.1, 0.15) is 0 Å². The van der Waals surface area contributed by atoms with E-state index in [0.29, 0.717) is 12.0 Å². The van der Waals surface area contributed by atoms with Crippen LogP contribution in [0.5, 0.6) is 0 Å². The van der Waals surface area contributed by atoms with E-state index >= 15 is 0 Å². The summed E-state index contributed by atoms with van der Waals surface area (Å²) in [7, 11) is 0. The fourth-order valence-corrected chi connectivity index (χ4v) is 1.90. The molecule has 1 heterocycles. The molecular weight excluding hydrogens is 228 g/mol. The molecule has 0 saturated heterocycles. The van der Waals surface area contributed by atoms with Crippen LogP contribution in [0.15, 0.2) is 0 Å². The Bertz CT molecular complexity index is 430. The molecule has 1 radical (unpaired) electrons. The van der Waals surface area contributed by atoms with Crippen molar-refractivity contribution in [2.75, 3.05) is 0 Å². The smallest absolute Gasteiger partial charge is 0.258 e. The van der Waals surface area contributed by atoms with E-state index in [0.717, 1.165) is 11.3 Å². The van der Waals surface area contributed by atoms with Crippen LogP contribution in [0.1, 0.15) is 23.7 Å². The molecule has 0 aromatic carbocycles. The van der Waals surface area contributed by atoms with Crippen LogP contribution in [0, 0.1) is 36.8 Å². The first-order chi connectivity index (χ1) is 7.34. The maximum absolute atomic E-state index is 10.9. The summed E-state index contributed by atoms with van der Waals surface area (Å²) < 4.78 is 0. The van der Waals surface area contributed by atoms with Crippen LogP contribution in [0.25, 0.3) is 0 Å². The molecule has 87 valence electrons. The lowest BCUT2D eigenvalue weighted by atomic mass is 9.97. The third-order valence-electron chi connectivity index (χ3n) is 2.48. The minimum absolute atomic E-state index is 0.0382. The molecule has 0 bridgehead atoms. The normalized spacial score (nSPS) is 10.9. The van der Waals surface area contributed by atoms with Gasteiger partial charge in [-0.1, -0.05) is 25.4 Å². The first kappa shape index (κ1) is 12.9. The Morgan fingerprint density at radius 3 is 2.56 bits per heavy atom. The van der Waals surface area contributed by atoms with Crippen LogP contribution in [0.3, 0.4) is 0 Å². The Labute approximate surface area is 99.8 Å². The van der Waals surface area contributed by atoms with Crippen molar-refractivity contribution in [1.29, 1.82) is 0 Å². The average molecular weight is 242 g/mol. The van der Waals surface area contributed by atoms with Gasteiger partial charge in [0, 0.05) is 11.3 Å². The van der Waals surface area contributed by atoms with E-state index in [1.165, 1.54) is 0 Å².